The molecule has 12 heavy (non-hydrogen) atoms. The lowest BCUT2D eigenvalue weighted by molar-refractivity contribution is 0.415. The second-order valence-corrected chi connectivity index (χ2v) is 2.79. The molecule has 0 unspecified atom stereocenters. The number of hydrogen-bond donors (Lipinski definition) is 2. The predicted octanol–water partition coefficient (Wildman–Crippen LogP) is 0.427. The van der Waals surface area contributed by atoms with Gasteiger partial charge in [-0.2, -0.15) is 0 Å². The zero-order chi connectivity index (χ0) is 8.72. The predicted molar refractivity (Wildman–Crippen MR) is 44.4 cm³/mol. The van der Waals surface area contributed by atoms with E-state index in [-0.39, 0.29) is 6.01 Å². The van der Waals surface area contributed by atoms with Crippen LogP contribution in [0, 0.1) is 6.92 Å². The number of aryl methyl sites for hydroxylation is 1. The molecule has 0 amide bonds. The first-order valence-electron chi connectivity index (χ1n) is 3.29. The van der Waals surface area contributed by atoms with Gasteiger partial charge in [0.2, 0.25) is 0 Å². The van der Waals surface area contributed by atoms with Crippen LogP contribution in [-0.4, -0.2) is 24.7 Å². The van der Waals surface area contributed by atoms with Crippen molar-refractivity contribution in [1.29, 1.82) is 0 Å². The van der Waals surface area contributed by atoms with Gasteiger partial charge in [0, 0.05) is 11.8 Å². The number of fused-ring (bicyclic) bond motifs is 1. The van der Waals surface area contributed by atoms with Gasteiger partial charge in [0.25, 0.3) is 0 Å². The van der Waals surface area contributed by atoms with E-state index in [1.54, 1.807) is 13.0 Å². The van der Waals surface area contributed by atoms with Gasteiger partial charge in [-0.05, 0) is 6.92 Å². The Labute approximate surface area is 73.5 Å². The molecular weight excluding hydrogens is 176 g/mol. The standard InChI is InChI=1S/C6H6N4OS/c1-3-2-4-8-9-6(12)10(4)5(11)7-3/h2H,1H3,(H,7,11)(H,9,12). The topological polar surface area (TPSA) is 63.3 Å². The molecule has 0 saturated heterocycles. The zero-order valence-electron chi connectivity index (χ0n) is 6.26. The highest BCUT2D eigenvalue weighted by molar-refractivity contribution is 7.80. The van der Waals surface area contributed by atoms with Gasteiger partial charge in [-0.1, -0.05) is 0 Å². The van der Waals surface area contributed by atoms with Crippen LogP contribution in [0.15, 0.2) is 11.2 Å². The Hall–Kier alpha value is -1.30. The van der Waals surface area contributed by atoms with E-state index in [0.717, 1.165) is 0 Å². The maximum absolute atomic E-state index is 9.34. The molecule has 2 heterocycles. The molecule has 2 aromatic heterocycles. The minimum atomic E-state index is -0.139. The molecule has 2 aromatic rings. The fourth-order valence-electron chi connectivity index (χ4n) is 1.00. The first kappa shape index (κ1) is 7.35. The Kier molecular flexibility index (Phi) is 1.44. The summed E-state index contributed by atoms with van der Waals surface area (Å²) in [6, 6.07) is 1.58. The van der Waals surface area contributed by atoms with Gasteiger partial charge in [-0.3, -0.25) is 0 Å². The quantitative estimate of drug-likeness (QED) is 0.580. The minimum Gasteiger partial charge on any atom is -0.480 e. The molecule has 0 aromatic carbocycles. The molecule has 0 radical (unpaired) electrons. The van der Waals surface area contributed by atoms with Gasteiger partial charge in [0.1, 0.15) is 0 Å². The summed E-state index contributed by atoms with van der Waals surface area (Å²) in [6.45, 7) is 1.77. The van der Waals surface area contributed by atoms with E-state index in [1.807, 2.05) is 0 Å². The number of thiol groups is 1. The molecule has 2 rings (SSSR count). The second kappa shape index (κ2) is 2.34. The molecule has 62 valence electrons. The van der Waals surface area contributed by atoms with Crippen molar-refractivity contribution < 1.29 is 5.11 Å². The minimum absolute atomic E-state index is 0.139. The van der Waals surface area contributed by atoms with Gasteiger partial charge < -0.3 is 5.11 Å². The Morgan fingerprint density at radius 1 is 1.50 bits per heavy atom. The lowest BCUT2D eigenvalue weighted by Gasteiger charge is -1.97. The summed E-state index contributed by atoms with van der Waals surface area (Å²) in [4.78, 5) is 3.82. The Bertz CT molecular complexity index is 438. The van der Waals surface area contributed by atoms with Crippen LogP contribution in [0.1, 0.15) is 5.69 Å². The molecule has 0 aliphatic rings. The van der Waals surface area contributed by atoms with Crippen LogP contribution in [0.5, 0.6) is 6.01 Å². The van der Waals surface area contributed by atoms with Gasteiger partial charge >= 0.3 is 6.01 Å². The van der Waals surface area contributed by atoms with Crippen molar-refractivity contribution in [1.82, 2.24) is 19.6 Å². The number of rotatable bonds is 0. The van der Waals surface area contributed by atoms with Crippen LogP contribution in [0.4, 0.5) is 0 Å². The highest BCUT2D eigenvalue weighted by Gasteiger charge is 2.06. The average molecular weight is 182 g/mol. The summed E-state index contributed by atoms with van der Waals surface area (Å²) < 4.78 is 1.36. The summed E-state index contributed by atoms with van der Waals surface area (Å²) >= 11 is 3.99. The molecule has 6 heteroatoms. The molecule has 5 nitrogen and oxygen atoms in total. The molecular formula is C6H6N4OS. The van der Waals surface area contributed by atoms with Crippen molar-refractivity contribution in [2.24, 2.45) is 0 Å². The van der Waals surface area contributed by atoms with E-state index in [0.29, 0.717) is 16.5 Å². The van der Waals surface area contributed by atoms with Crippen LogP contribution in [0.25, 0.3) is 5.65 Å². The van der Waals surface area contributed by atoms with Crippen LogP contribution < -0.4 is 0 Å². The van der Waals surface area contributed by atoms with Gasteiger partial charge in [-0.15, -0.1) is 22.8 Å². The first-order valence-corrected chi connectivity index (χ1v) is 3.74. The van der Waals surface area contributed by atoms with Crippen LogP contribution in [0.2, 0.25) is 0 Å². The zero-order valence-corrected chi connectivity index (χ0v) is 7.16. The number of aromatic hydroxyl groups is 1. The Balaban J connectivity index is 2.93. The summed E-state index contributed by atoms with van der Waals surface area (Å²) in [6.07, 6.45) is 0. The van der Waals surface area contributed by atoms with Crippen LogP contribution in [0.3, 0.4) is 0 Å². The average Bonchev–Trinajstić information content (AvgIpc) is 2.31. The molecule has 1 N–H and O–H groups in total. The van der Waals surface area contributed by atoms with Crippen molar-refractivity contribution in [2.75, 3.05) is 0 Å². The highest BCUT2D eigenvalue weighted by atomic mass is 32.1. The van der Waals surface area contributed by atoms with E-state index in [1.165, 1.54) is 4.40 Å². The van der Waals surface area contributed by atoms with Crippen molar-refractivity contribution in [3.8, 4) is 6.01 Å². The highest BCUT2D eigenvalue weighted by Crippen LogP contribution is 2.14. The van der Waals surface area contributed by atoms with E-state index in [9.17, 15) is 5.11 Å². The molecule has 0 fully saturated rings. The van der Waals surface area contributed by atoms with E-state index < -0.39 is 0 Å². The number of hydrogen-bond acceptors (Lipinski definition) is 5. The van der Waals surface area contributed by atoms with Crippen molar-refractivity contribution in [3.05, 3.63) is 11.8 Å². The number of aromatic nitrogens is 4. The van der Waals surface area contributed by atoms with Crippen molar-refractivity contribution >= 4 is 18.3 Å². The normalized spacial score (nSPS) is 10.8. The van der Waals surface area contributed by atoms with E-state index >= 15 is 0 Å². The lowest BCUT2D eigenvalue weighted by atomic mass is 10.4. The van der Waals surface area contributed by atoms with E-state index in [2.05, 4.69) is 27.8 Å². The van der Waals surface area contributed by atoms with Crippen LogP contribution in [-0.2, 0) is 0 Å². The second-order valence-electron chi connectivity index (χ2n) is 2.39. The molecule has 0 bridgehead atoms. The maximum atomic E-state index is 9.34. The molecule has 0 aliphatic heterocycles. The summed E-state index contributed by atoms with van der Waals surface area (Å²) in [5.74, 6) is 0. The summed E-state index contributed by atoms with van der Waals surface area (Å²) in [5, 5.41) is 17.1. The molecule has 0 spiro atoms. The fraction of sp³-hybridized carbons (Fsp3) is 0.167. The summed E-state index contributed by atoms with van der Waals surface area (Å²) in [7, 11) is 0. The first-order chi connectivity index (χ1) is 5.68. The largest absolute Gasteiger partial charge is 0.480 e. The SMILES string of the molecule is Cc1cc2nnc(S)n2c(O)n1. The third kappa shape index (κ3) is 0.918. The maximum Gasteiger partial charge on any atom is 0.302 e. The Morgan fingerprint density at radius 3 is 3.00 bits per heavy atom. The van der Waals surface area contributed by atoms with Crippen LogP contribution >= 0.6 is 12.6 Å². The molecule has 0 saturated carbocycles. The third-order valence-electron chi connectivity index (χ3n) is 1.49. The third-order valence-corrected chi connectivity index (χ3v) is 1.77. The van der Waals surface area contributed by atoms with Crippen molar-refractivity contribution in [3.63, 3.8) is 0 Å². The molecule has 0 atom stereocenters. The monoisotopic (exact) mass is 182 g/mol. The van der Waals surface area contributed by atoms with Gasteiger partial charge in [0.15, 0.2) is 10.8 Å². The smallest absolute Gasteiger partial charge is 0.302 e. The number of nitrogens with zero attached hydrogens (tertiary/aromatic N) is 4. The Morgan fingerprint density at radius 2 is 2.25 bits per heavy atom. The van der Waals surface area contributed by atoms with E-state index in [4.69, 9.17) is 0 Å². The van der Waals surface area contributed by atoms with Crippen molar-refractivity contribution in [2.45, 2.75) is 12.1 Å². The summed E-state index contributed by atoms with van der Waals surface area (Å²) in [5.41, 5.74) is 1.24. The van der Waals surface area contributed by atoms with Gasteiger partial charge in [-0.25, -0.2) is 9.38 Å². The fourth-order valence-corrected chi connectivity index (χ4v) is 1.24. The molecule has 0 aliphatic carbocycles. The van der Waals surface area contributed by atoms with Gasteiger partial charge in [0.05, 0.1) is 0 Å². The lowest BCUT2D eigenvalue weighted by Crippen LogP contribution is -1.92.